The summed E-state index contributed by atoms with van der Waals surface area (Å²) in [5.41, 5.74) is 3.43. The van der Waals surface area contributed by atoms with Crippen LogP contribution < -0.4 is 5.32 Å². The Balaban J connectivity index is 1.98. The highest BCUT2D eigenvalue weighted by atomic mass is 16.5. The fraction of sp³-hybridized carbons (Fsp3) is 0.263. The molecule has 1 N–H and O–H groups in total. The van der Waals surface area contributed by atoms with Crippen LogP contribution in [-0.4, -0.2) is 21.8 Å². The molecule has 6 heteroatoms. The Labute approximate surface area is 145 Å². The predicted octanol–water partition coefficient (Wildman–Crippen LogP) is 4.11. The van der Waals surface area contributed by atoms with Crippen molar-refractivity contribution in [1.82, 2.24) is 10.1 Å². The van der Waals surface area contributed by atoms with E-state index >= 15 is 0 Å². The molecule has 0 bridgehead atoms. The monoisotopic (exact) mass is 337 g/mol. The number of benzene rings is 1. The first-order chi connectivity index (χ1) is 11.9. The summed E-state index contributed by atoms with van der Waals surface area (Å²) in [7, 11) is 0. The molecule has 2 heterocycles. The van der Waals surface area contributed by atoms with E-state index in [-0.39, 0.29) is 17.6 Å². The molecule has 1 aromatic carbocycles. The van der Waals surface area contributed by atoms with Gasteiger partial charge in [0.05, 0.1) is 16.6 Å². The van der Waals surface area contributed by atoms with Crippen LogP contribution >= 0.6 is 0 Å². The highest BCUT2D eigenvalue weighted by Crippen LogP contribution is 2.26. The van der Waals surface area contributed by atoms with Crippen LogP contribution in [-0.2, 0) is 0 Å². The maximum Gasteiger partial charge on any atom is 0.259 e. The summed E-state index contributed by atoms with van der Waals surface area (Å²) in [5, 5.41) is 7.39. The smallest absolute Gasteiger partial charge is 0.259 e. The van der Waals surface area contributed by atoms with Crippen molar-refractivity contribution in [3.63, 3.8) is 0 Å². The standard InChI is InChI=1S/C19H19N3O3/c1-10(2)16-9-15(17-11(3)22-25-19(17)21-16)18(24)20-14-7-5-13(6-8-14)12(4)23/h5-10H,1-4H3,(H,20,24). The summed E-state index contributed by atoms with van der Waals surface area (Å²) in [6.07, 6.45) is 0. The Morgan fingerprint density at radius 3 is 2.44 bits per heavy atom. The summed E-state index contributed by atoms with van der Waals surface area (Å²) in [4.78, 5) is 28.6. The molecule has 1 amide bonds. The number of ketones is 1. The number of carbonyl (C=O) groups excluding carboxylic acids is 2. The van der Waals surface area contributed by atoms with Crippen molar-refractivity contribution < 1.29 is 14.1 Å². The van der Waals surface area contributed by atoms with Crippen LogP contribution in [0.25, 0.3) is 11.1 Å². The van der Waals surface area contributed by atoms with Crippen LogP contribution in [0.4, 0.5) is 5.69 Å². The Kier molecular flexibility index (Phi) is 4.35. The number of aromatic nitrogens is 2. The maximum atomic E-state index is 12.8. The molecule has 0 saturated heterocycles. The lowest BCUT2D eigenvalue weighted by Gasteiger charge is -2.10. The number of amides is 1. The van der Waals surface area contributed by atoms with Crippen LogP contribution in [0, 0.1) is 6.92 Å². The van der Waals surface area contributed by atoms with Gasteiger partial charge in [0.25, 0.3) is 11.6 Å². The molecule has 0 aliphatic carbocycles. The third-order valence-electron chi connectivity index (χ3n) is 4.02. The van der Waals surface area contributed by atoms with Gasteiger partial charge in [-0.05, 0) is 50.1 Å². The first kappa shape index (κ1) is 16.8. The van der Waals surface area contributed by atoms with Gasteiger partial charge in [0.15, 0.2) is 5.78 Å². The van der Waals surface area contributed by atoms with Gasteiger partial charge in [-0.1, -0.05) is 19.0 Å². The van der Waals surface area contributed by atoms with E-state index in [2.05, 4.69) is 15.5 Å². The predicted molar refractivity (Wildman–Crippen MR) is 95.0 cm³/mol. The Hall–Kier alpha value is -3.02. The quantitative estimate of drug-likeness (QED) is 0.724. The van der Waals surface area contributed by atoms with Gasteiger partial charge in [-0.3, -0.25) is 9.59 Å². The van der Waals surface area contributed by atoms with Crippen LogP contribution in [0.15, 0.2) is 34.9 Å². The van der Waals surface area contributed by atoms with Gasteiger partial charge < -0.3 is 9.84 Å². The lowest BCUT2D eigenvalue weighted by Crippen LogP contribution is -2.14. The Bertz CT molecular complexity index is 956. The zero-order chi connectivity index (χ0) is 18.1. The number of nitrogens with zero attached hydrogens (tertiary/aromatic N) is 2. The average Bonchev–Trinajstić information content (AvgIpc) is 2.95. The highest BCUT2D eigenvalue weighted by molar-refractivity contribution is 6.12. The second-order valence-corrected chi connectivity index (χ2v) is 6.29. The summed E-state index contributed by atoms with van der Waals surface area (Å²) in [5.74, 6) is -0.136. The molecule has 6 nitrogen and oxygen atoms in total. The summed E-state index contributed by atoms with van der Waals surface area (Å²) >= 11 is 0. The number of rotatable bonds is 4. The third-order valence-corrected chi connectivity index (χ3v) is 4.02. The van der Waals surface area contributed by atoms with Gasteiger partial charge >= 0.3 is 0 Å². The molecular formula is C19H19N3O3. The van der Waals surface area contributed by atoms with Gasteiger partial charge in [-0.2, -0.15) is 0 Å². The zero-order valence-electron chi connectivity index (χ0n) is 14.6. The third kappa shape index (κ3) is 3.28. The summed E-state index contributed by atoms with van der Waals surface area (Å²) < 4.78 is 5.24. The van der Waals surface area contributed by atoms with Crippen molar-refractivity contribution in [3.05, 3.63) is 52.8 Å². The maximum absolute atomic E-state index is 12.8. The fourth-order valence-electron chi connectivity index (χ4n) is 2.58. The van der Waals surface area contributed by atoms with Crippen molar-refractivity contribution in [2.45, 2.75) is 33.6 Å². The lowest BCUT2D eigenvalue weighted by molar-refractivity contribution is 0.101. The first-order valence-electron chi connectivity index (χ1n) is 8.06. The van der Waals surface area contributed by atoms with Crippen LogP contribution in [0.2, 0.25) is 0 Å². The molecule has 0 aliphatic rings. The number of aryl methyl sites for hydroxylation is 1. The molecule has 0 unspecified atom stereocenters. The van der Waals surface area contributed by atoms with Crippen molar-refractivity contribution in [3.8, 4) is 0 Å². The molecule has 3 aromatic rings. The molecule has 0 saturated carbocycles. The Morgan fingerprint density at radius 2 is 1.84 bits per heavy atom. The minimum atomic E-state index is -0.267. The summed E-state index contributed by atoms with van der Waals surface area (Å²) in [6.45, 7) is 7.28. The topological polar surface area (TPSA) is 85.1 Å². The average molecular weight is 337 g/mol. The molecule has 0 spiro atoms. The van der Waals surface area contributed by atoms with E-state index in [1.54, 1.807) is 37.3 Å². The second kappa shape index (κ2) is 6.47. The van der Waals surface area contributed by atoms with E-state index in [0.29, 0.717) is 33.6 Å². The van der Waals surface area contributed by atoms with Crippen molar-refractivity contribution >= 4 is 28.5 Å². The van der Waals surface area contributed by atoms with E-state index in [1.165, 1.54) is 6.92 Å². The number of hydrogen-bond acceptors (Lipinski definition) is 5. The van der Waals surface area contributed by atoms with Crippen molar-refractivity contribution in [2.75, 3.05) is 5.32 Å². The van der Waals surface area contributed by atoms with E-state index in [9.17, 15) is 9.59 Å². The first-order valence-corrected chi connectivity index (χ1v) is 8.06. The number of pyridine rings is 1. The largest absolute Gasteiger partial charge is 0.336 e. The van der Waals surface area contributed by atoms with E-state index in [0.717, 1.165) is 5.69 Å². The minimum Gasteiger partial charge on any atom is -0.336 e. The minimum absolute atomic E-state index is 0.0182. The van der Waals surface area contributed by atoms with Crippen LogP contribution in [0.1, 0.15) is 58.8 Å². The van der Waals surface area contributed by atoms with Gasteiger partial charge in [0, 0.05) is 16.9 Å². The molecule has 128 valence electrons. The van der Waals surface area contributed by atoms with Gasteiger partial charge in [-0.25, -0.2) is 4.98 Å². The van der Waals surface area contributed by atoms with Crippen molar-refractivity contribution in [2.24, 2.45) is 0 Å². The summed E-state index contributed by atoms with van der Waals surface area (Å²) in [6, 6.07) is 8.55. The molecule has 0 aliphatic heterocycles. The molecule has 3 rings (SSSR count). The van der Waals surface area contributed by atoms with Gasteiger partial charge in [0.1, 0.15) is 0 Å². The van der Waals surface area contributed by atoms with E-state index in [4.69, 9.17) is 4.52 Å². The lowest BCUT2D eigenvalue weighted by atomic mass is 10.0. The number of Topliss-reactive ketones (excluding diaryl/α,β-unsaturated/α-hetero) is 1. The zero-order valence-corrected chi connectivity index (χ0v) is 14.6. The highest BCUT2D eigenvalue weighted by Gasteiger charge is 2.19. The van der Waals surface area contributed by atoms with E-state index < -0.39 is 0 Å². The van der Waals surface area contributed by atoms with Crippen LogP contribution in [0.3, 0.4) is 0 Å². The molecule has 2 aromatic heterocycles. The number of nitrogens with one attached hydrogen (secondary N) is 1. The fourth-order valence-corrected chi connectivity index (χ4v) is 2.58. The number of carbonyl (C=O) groups is 2. The SMILES string of the molecule is CC(=O)c1ccc(NC(=O)c2cc(C(C)C)nc3onc(C)c23)cc1. The van der Waals surface area contributed by atoms with Gasteiger partial charge in [-0.15, -0.1) is 0 Å². The molecule has 0 fully saturated rings. The number of hydrogen-bond donors (Lipinski definition) is 1. The normalized spacial score (nSPS) is 11.1. The van der Waals surface area contributed by atoms with Crippen LogP contribution in [0.5, 0.6) is 0 Å². The molecule has 0 radical (unpaired) electrons. The van der Waals surface area contributed by atoms with Crippen molar-refractivity contribution in [1.29, 1.82) is 0 Å². The second-order valence-electron chi connectivity index (χ2n) is 6.29. The molecule has 0 atom stereocenters. The van der Waals surface area contributed by atoms with Gasteiger partial charge in [0.2, 0.25) is 0 Å². The molecule has 25 heavy (non-hydrogen) atoms. The van der Waals surface area contributed by atoms with E-state index in [1.807, 2.05) is 13.8 Å². The Morgan fingerprint density at radius 1 is 1.16 bits per heavy atom. The molecular weight excluding hydrogens is 318 g/mol. The number of fused-ring (bicyclic) bond motifs is 1. The number of anilines is 1.